The Morgan fingerprint density at radius 3 is 2.11 bits per heavy atom. The number of rotatable bonds is 11. The minimum Gasteiger partial charge on any atom is -0.463 e. The number of ether oxygens (including phenoxy) is 6. The van der Waals surface area contributed by atoms with Crippen molar-refractivity contribution in [2.75, 3.05) is 13.2 Å². The molecule has 208 valence electrons. The molecule has 1 fully saturated rings. The van der Waals surface area contributed by atoms with E-state index in [0.29, 0.717) is 6.61 Å². The van der Waals surface area contributed by atoms with Crippen LogP contribution >= 0.6 is 0 Å². The smallest absolute Gasteiger partial charge is 0.303 e. The van der Waals surface area contributed by atoms with Gasteiger partial charge in [0, 0.05) is 35.5 Å². The zero-order valence-corrected chi connectivity index (χ0v) is 23.9. The lowest BCUT2D eigenvalue weighted by Crippen LogP contribution is -2.62. The van der Waals surface area contributed by atoms with Crippen LogP contribution in [0.15, 0.2) is 42.5 Å². The highest BCUT2D eigenvalue weighted by molar-refractivity contribution is 6.76. The molecule has 0 amide bonds. The van der Waals surface area contributed by atoms with Crippen molar-refractivity contribution in [2.45, 2.75) is 83.8 Å². The molecule has 0 saturated carbocycles. The lowest BCUT2D eigenvalue weighted by atomic mass is 9.98. The van der Waals surface area contributed by atoms with Crippen LogP contribution in [0.5, 0.6) is 0 Å². The van der Waals surface area contributed by atoms with Crippen LogP contribution in [0.1, 0.15) is 26.3 Å². The lowest BCUT2D eigenvalue weighted by molar-refractivity contribution is -0.312. The molecular weight excluding hydrogens is 508 g/mol. The maximum atomic E-state index is 12.1. The van der Waals surface area contributed by atoms with Gasteiger partial charge >= 0.3 is 17.9 Å². The second kappa shape index (κ2) is 13.3. The van der Waals surface area contributed by atoms with Crippen molar-refractivity contribution in [3.63, 3.8) is 0 Å². The molecule has 0 radical (unpaired) electrons. The highest BCUT2D eigenvalue weighted by atomic mass is 28.3. The van der Waals surface area contributed by atoms with Crippen LogP contribution in [-0.2, 0) is 49.4 Å². The highest BCUT2D eigenvalue weighted by Crippen LogP contribution is 2.31. The van der Waals surface area contributed by atoms with E-state index in [4.69, 9.17) is 28.4 Å². The van der Waals surface area contributed by atoms with Crippen molar-refractivity contribution in [1.82, 2.24) is 0 Å². The van der Waals surface area contributed by atoms with E-state index in [9.17, 15) is 14.4 Å². The molecule has 5 atom stereocenters. The molecule has 1 aliphatic heterocycles. The van der Waals surface area contributed by atoms with Gasteiger partial charge in [0.05, 0.1) is 6.61 Å². The molecule has 0 spiro atoms. The average Bonchev–Trinajstić information content (AvgIpc) is 2.82. The third kappa shape index (κ3) is 8.90. The fourth-order valence-corrected chi connectivity index (χ4v) is 4.92. The number of carbonyl (C=O) groups is 3. The Hall–Kier alpha value is -2.79. The van der Waals surface area contributed by atoms with Gasteiger partial charge in [-0.2, -0.15) is 0 Å². The maximum Gasteiger partial charge on any atom is 0.303 e. The van der Waals surface area contributed by atoms with Gasteiger partial charge in [0.25, 0.3) is 0 Å². The van der Waals surface area contributed by atoms with Crippen LogP contribution in [0.25, 0.3) is 10.8 Å². The Morgan fingerprint density at radius 2 is 1.47 bits per heavy atom. The Labute approximate surface area is 224 Å². The molecule has 0 bridgehead atoms. The van der Waals surface area contributed by atoms with Gasteiger partial charge in [-0.05, 0) is 28.4 Å². The van der Waals surface area contributed by atoms with Gasteiger partial charge in [-0.3, -0.25) is 14.4 Å². The van der Waals surface area contributed by atoms with Crippen molar-refractivity contribution in [1.29, 1.82) is 0 Å². The van der Waals surface area contributed by atoms with Crippen LogP contribution in [0.2, 0.25) is 25.7 Å². The summed E-state index contributed by atoms with van der Waals surface area (Å²) in [5.41, 5.74) is 0.881. The first-order chi connectivity index (χ1) is 17.9. The summed E-state index contributed by atoms with van der Waals surface area (Å²) in [6.45, 7) is 10.8. The van der Waals surface area contributed by atoms with E-state index >= 15 is 0 Å². The van der Waals surface area contributed by atoms with Crippen LogP contribution in [0.3, 0.4) is 0 Å². The summed E-state index contributed by atoms with van der Waals surface area (Å²) < 4.78 is 34.9. The first-order valence-electron chi connectivity index (χ1n) is 12.8. The van der Waals surface area contributed by atoms with Crippen LogP contribution < -0.4 is 0 Å². The van der Waals surface area contributed by atoms with E-state index < -0.39 is 56.7 Å². The van der Waals surface area contributed by atoms with Gasteiger partial charge in [0.2, 0.25) is 0 Å². The quantitative estimate of drug-likeness (QED) is 0.232. The normalized spacial score (nSPS) is 23.6. The highest BCUT2D eigenvalue weighted by Gasteiger charge is 2.51. The van der Waals surface area contributed by atoms with Gasteiger partial charge in [0.15, 0.2) is 18.5 Å². The Bertz CT molecular complexity index is 1110. The van der Waals surface area contributed by atoms with E-state index in [1.54, 1.807) is 0 Å². The summed E-state index contributed by atoms with van der Waals surface area (Å²) in [5.74, 6) is -1.65. The predicted molar refractivity (Wildman–Crippen MR) is 143 cm³/mol. The number of carbonyl (C=O) groups excluding carboxylic acids is 3. The van der Waals surface area contributed by atoms with E-state index in [2.05, 4.69) is 19.6 Å². The maximum absolute atomic E-state index is 12.1. The van der Waals surface area contributed by atoms with Crippen molar-refractivity contribution in [3.8, 4) is 0 Å². The first-order valence-corrected chi connectivity index (χ1v) is 16.5. The van der Waals surface area contributed by atoms with Crippen LogP contribution in [-0.4, -0.2) is 69.9 Å². The number of benzene rings is 2. The second-order valence-corrected chi connectivity index (χ2v) is 16.3. The third-order valence-corrected chi connectivity index (χ3v) is 7.74. The summed E-state index contributed by atoms with van der Waals surface area (Å²) in [6.07, 6.45) is -4.89. The van der Waals surface area contributed by atoms with Crippen molar-refractivity contribution in [2.24, 2.45) is 0 Å². The zero-order valence-electron chi connectivity index (χ0n) is 22.9. The molecule has 0 N–H and O–H groups in total. The summed E-state index contributed by atoms with van der Waals surface area (Å²) in [5, 5.41) is 2.14. The molecule has 10 heteroatoms. The fourth-order valence-electron chi connectivity index (χ4n) is 4.19. The van der Waals surface area contributed by atoms with Gasteiger partial charge in [-0.1, -0.05) is 56.0 Å². The monoisotopic (exact) mass is 546 g/mol. The van der Waals surface area contributed by atoms with Crippen molar-refractivity contribution in [3.05, 3.63) is 48.0 Å². The minimum absolute atomic E-state index is 0.146. The van der Waals surface area contributed by atoms with Gasteiger partial charge < -0.3 is 28.4 Å². The van der Waals surface area contributed by atoms with Crippen molar-refractivity contribution >= 4 is 36.8 Å². The fraction of sp³-hybridized carbons (Fsp3) is 0.536. The third-order valence-electron chi connectivity index (χ3n) is 6.04. The lowest BCUT2D eigenvalue weighted by Gasteiger charge is -2.44. The zero-order chi connectivity index (χ0) is 27.9. The first kappa shape index (κ1) is 29.8. The molecule has 2 aromatic carbocycles. The SMILES string of the molecule is CC(=O)OC[C@H]1O[C@@H](OCC[Si](C)(C)C)[C@H](OC(C)=O)[C@@H](OCc2ccc3ccccc3c2)[C@H]1OC(C)=O. The van der Waals surface area contributed by atoms with Gasteiger partial charge in [0.1, 0.15) is 18.8 Å². The summed E-state index contributed by atoms with van der Waals surface area (Å²) in [6, 6.07) is 14.8. The van der Waals surface area contributed by atoms with Crippen LogP contribution in [0, 0.1) is 0 Å². The Morgan fingerprint density at radius 1 is 0.816 bits per heavy atom. The Balaban J connectivity index is 1.91. The molecule has 1 aliphatic rings. The molecule has 0 aromatic heterocycles. The van der Waals surface area contributed by atoms with Gasteiger partial charge in [-0.15, -0.1) is 0 Å². The average molecular weight is 547 g/mol. The molecule has 0 aliphatic carbocycles. The van der Waals surface area contributed by atoms with E-state index in [1.807, 2.05) is 42.5 Å². The molecule has 38 heavy (non-hydrogen) atoms. The summed E-state index contributed by atoms with van der Waals surface area (Å²) >= 11 is 0. The topological polar surface area (TPSA) is 107 Å². The van der Waals surface area contributed by atoms with E-state index in [1.165, 1.54) is 20.8 Å². The molecule has 3 rings (SSSR count). The van der Waals surface area contributed by atoms with Crippen LogP contribution in [0.4, 0.5) is 0 Å². The molecule has 0 unspecified atom stereocenters. The number of hydrogen-bond acceptors (Lipinski definition) is 9. The standard InChI is InChI=1S/C28H38O9Si/c1-18(29)33-17-24-25(35-19(2)30)26(34-16-21-11-12-22-9-7-8-10-23(22)15-21)27(36-20(3)31)28(37-24)32-13-14-38(4,5)6/h7-12,15,24-28H,13-14,16-17H2,1-6H3/t24-,25+,26+,27-,28-/m1/s1. The summed E-state index contributed by atoms with van der Waals surface area (Å²) in [7, 11) is -1.44. The number of fused-ring (bicyclic) bond motifs is 1. The largest absolute Gasteiger partial charge is 0.463 e. The molecular formula is C28H38O9Si. The van der Waals surface area contributed by atoms with Crippen molar-refractivity contribution < 1.29 is 42.8 Å². The number of hydrogen-bond donors (Lipinski definition) is 0. The van der Waals surface area contributed by atoms with E-state index in [0.717, 1.165) is 22.4 Å². The minimum atomic E-state index is -1.44. The molecule has 1 saturated heterocycles. The molecule has 1 heterocycles. The van der Waals surface area contributed by atoms with E-state index in [-0.39, 0.29) is 13.2 Å². The predicted octanol–water partition coefficient (Wildman–Crippen LogP) is 4.23. The number of esters is 3. The second-order valence-electron chi connectivity index (χ2n) is 10.6. The molecule has 9 nitrogen and oxygen atoms in total. The van der Waals surface area contributed by atoms with Gasteiger partial charge in [-0.25, -0.2) is 0 Å². The Kier molecular flexibility index (Phi) is 10.4. The summed E-state index contributed by atoms with van der Waals surface area (Å²) in [4.78, 5) is 35.8. The molecule has 2 aromatic rings.